The van der Waals surface area contributed by atoms with Crippen molar-refractivity contribution in [1.29, 1.82) is 0 Å². The Hall–Kier alpha value is -1.44. The SMILES string of the molecule is Cc1cc(Br)oc1C(=O)Nc1cccc(CS(=O)C2CCOCC2)c1. The molecule has 0 saturated carbocycles. The second-order valence-electron chi connectivity index (χ2n) is 6.05. The fourth-order valence-corrected chi connectivity index (χ4v) is 4.78. The van der Waals surface area contributed by atoms with Gasteiger partial charge in [-0.3, -0.25) is 9.00 Å². The standard InChI is InChI=1S/C18H20BrNO4S/c1-12-9-16(19)24-17(12)18(21)20-14-4-2-3-13(10-14)11-25(22)15-5-7-23-8-6-15/h2-4,9-10,15H,5-8,11H2,1H3,(H,20,21). The molecule has 1 N–H and O–H groups in total. The van der Waals surface area contributed by atoms with Crippen LogP contribution in [0.2, 0.25) is 0 Å². The number of nitrogens with one attached hydrogen (secondary N) is 1. The summed E-state index contributed by atoms with van der Waals surface area (Å²) in [5.41, 5.74) is 2.37. The van der Waals surface area contributed by atoms with Crippen LogP contribution in [0.5, 0.6) is 0 Å². The highest BCUT2D eigenvalue weighted by molar-refractivity contribution is 9.10. The first-order valence-electron chi connectivity index (χ1n) is 8.14. The van der Waals surface area contributed by atoms with Gasteiger partial charge in [0.15, 0.2) is 10.4 Å². The number of anilines is 1. The Morgan fingerprint density at radius 1 is 1.32 bits per heavy atom. The molecule has 3 rings (SSSR count). The molecule has 1 aliphatic rings. The van der Waals surface area contributed by atoms with Crippen molar-refractivity contribution < 1.29 is 18.2 Å². The maximum absolute atomic E-state index is 12.5. The molecule has 1 aromatic heterocycles. The van der Waals surface area contributed by atoms with Crippen molar-refractivity contribution in [3.63, 3.8) is 0 Å². The Kier molecular flexibility index (Phi) is 6.09. The lowest BCUT2D eigenvalue weighted by atomic mass is 10.2. The highest BCUT2D eigenvalue weighted by atomic mass is 79.9. The molecule has 0 spiro atoms. The topological polar surface area (TPSA) is 68.5 Å². The number of aryl methyl sites for hydroxylation is 1. The monoisotopic (exact) mass is 425 g/mol. The number of hydrogen-bond donors (Lipinski definition) is 1. The quantitative estimate of drug-likeness (QED) is 0.784. The van der Waals surface area contributed by atoms with Gasteiger partial charge in [-0.05, 0) is 59.5 Å². The van der Waals surface area contributed by atoms with Crippen molar-refractivity contribution in [2.24, 2.45) is 0 Å². The molecule has 1 unspecified atom stereocenters. The van der Waals surface area contributed by atoms with E-state index in [-0.39, 0.29) is 16.9 Å². The Bertz CT molecular complexity index is 783. The number of halogens is 1. The fourth-order valence-electron chi connectivity index (χ4n) is 2.82. The smallest absolute Gasteiger partial charge is 0.291 e. The van der Waals surface area contributed by atoms with E-state index in [0.717, 1.165) is 24.0 Å². The third-order valence-corrected chi connectivity index (χ3v) is 6.35. The number of carbonyl (C=O) groups excluding carboxylic acids is 1. The van der Waals surface area contributed by atoms with Crippen LogP contribution in [0.1, 0.15) is 34.5 Å². The summed E-state index contributed by atoms with van der Waals surface area (Å²) in [6, 6.07) is 9.22. The molecule has 0 radical (unpaired) electrons. The Morgan fingerprint density at radius 3 is 2.76 bits per heavy atom. The van der Waals surface area contributed by atoms with Crippen LogP contribution in [0, 0.1) is 6.92 Å². The average molecular weight is 426 g/mol. The number of amides is 1. The molecule has 1 fully saturated rings. The molecule has 1 amide bonds. The first-order chi connectivity index (χ1) is 12.0. The van der Waals surface area contributed by atoms with E-state index in [1.807, 2.05) is 31.2 Å². The van der Waals surface area contributed by atoms with E-state index in [1.54, 1.807) is 6.07 Å². The Morgan fingerprint density at radius 2 is 2.08 bits per heavy atom. The van der Waals surface area contributed by atoms with E-state index < -0.39 is 10.8 Å². The largest absolute Gasteiger partial charge is 0.444 e. The molecule has 5 nitrogen and oxygen atoms in total. The average Bonchev–Trinajstić information content (AvgIpc) is 2.94. The molecule has 1 atom stereocenters. The summed E-state index contributed by atoms with van der Waals surface area (Å²) in [6.45, 7) is 3.19. The number of hydrogen-bond acceptors (Lipinski definition) is 4. The van der Waals surface area contributed by atoms with Gasteiger partial charge in [0.2, 0.25) is 0 Å². The van der Waals surface area contributed by atoms with Crippen LogP contribution in [0.15, 0.2) is 39.4 Å². The Balaban J connectivity index is 1.65. The van der Waals surface area contributed by atoms with E-state index >= 15 is 0 Å². The van der Waals surface area contributed by atoms with Crippen LogP contribution in [-0.4, -0.2) is 28.6 Å². The number of ether oxygens (including phenoxy) is 1. The van der Waals surface area contributed by atoms with E-state index in [2.05, 4.69) is 21.2 Å². The van der Waals surface area contributed by atoms with Gasteiger partial charge in [0.25, 0.3) is 5.91 Å². The molecular formula is C18H20BrNO4S. The first kappa shape index (κ1) is 18.4. The fraction of sp³-hybridized carbons (Fsp3) is 0.389. The van der Waals surface area contributed by atoms with Crippen LogP contribution in [0.25, 0.3) is 0 Å². The lowest BCUT2D eigenvalue weighted by Gasteiger charge is -2.21. The second-order valence-corrected chi connectivity index (χ2v) is 8.55. The summed E-state index contributed by atoms with van der Waals surface area (Å²) in [7, 11) is -0.932. The molecule has 1 aromatic carbocycles. The predicted molar refractivity (Wildman–Crippen MR) is 101 cm³/mol. The van der Waals surface area contributed by atoms with E-state index in [9.17, 15) is 9.00 Å². The minimum atomic E-state index is -0.932. The molecule has 2 heterocycles. The summed E-state index contributed by atoms with van der Waals surface area (Å²) in [5.74, 6) is 0.466. The van der Waals surface area contributed by atoms with Crippen molar-refractivity contribution in [1.82, 2.24) is 0 Å². The normalized spacial score (nSPS) is 16.6. The van der Waals surface area contributed by atoms with Crippen molar-refractivity contribution >= 4 is 38.3 Å². The van der Waals surface area contributed by atoms with Gasteiger partial charge in [-0.25, -0.2) is 0 Å². The zero-order valence-corrected chi connectivity index (χ0v) is 16.3. The number of benzene rings is 1. The van der Waals surface area contributed by atoms with Crippen molar-refractivity contribution in [2.45, 2.75) is 30.8 Å². The summed E-state index contributed by atoms with van der Waals surface area (Å²) in [4.78, 5) is 12.3. The van der Waals surface area contributed by atoms with E-state index in [0.29, 0.717) is 29.3 Å². The van der Waals surface area contributed by atoms with Gasteiger partial charge in [-0.2, -0.15) is 0 Å². The van der Waals surface area contributed by atoms with Crippen LogP contribution in [0.4, 0.5) is 5.69 Å². The van der Waals surface area contributed by atoms with Crippen molar-refractivity contribution in [3.05, 3.63) is 51.9 Å². The summed E-state index contributed by atoms with van der Waals surface area (Å²) in [5, 5.41) is 3.02. The molecule has 7 heteroatoms. The lowest BCUT2D eigenvalue weighted by molar-refractivity contribution is 0.0990. The lowest BCUT2D eigenvalue weighted by Crippen LogP contribution is -2.25. The van der Waals surface area contributed by atoms with Gasteiger partial charge in [0.05, 0.1) is 0 Å². The van der Waals surface area contributed by atoms with Crippen molar-refractivity contribution in [3.8, 4) is 0 Å². The highest BCUT2D eigenvalue weighted by Crippen LogP contribution is 2.22. The second kappa shape index (κ2) is 8.29. The van der Waals surface area contributed by atoms with E-state index in [4.69, 9.17) is 9.15 Å². The zero-order chi connectivity index (χ0) is 17.8. The van der Waals surface area contributed by atoms with Crippen LogP contribution < -0.4 is 5.32 Å². The maximum Gasteiger partial charge on any atom is 0.291 e. The van der Waals surface area contributed by atoms with Gasteiger partial charge in [0.1, 0.15) is 0 Å². The summed E-state index contributed by atoms with van der Waals surface area (Å²) < 4.78 is 23.7. The molecular weight excluding hydrogens is 406 g/mol. The third-order valence-electron chi connectivity index (χ3n) is 4.13. The number of rotatable bonds is 5. The summed E-state index contributed by atoms with van der Waals surface area (Å²) in [6.07, 6.45) is 1.69. The van der Waals surface area contributed by atoms with Crippen LogP contribution >= 0.6 is 15.9 Å². The highest BCUT2D eigenvalue weighted by Gasteiger charge is 2.20. The van der Waals surface area contributed by atoms with E-state index in [1.165, 1.54) is 0 Å². The van der Waals surface area contributed by atoms with Gasteiger partial charge < -0.3 is 14.5 Å². The minimum Gasteiger partial charge on any atom is -0.444 e. The molecule has 2 aromatic rings. The summed E-state index contributed by atoms with van der Waals surface area (Å²) >= 11 is 3.22. The third kappa shape index (κ3) is 4.80. The molecule has 0 aliphatic carbocycles. The molecule has 1 saturated heterocycles. The minimum absolute atomic E-state index is 0.190. The van der Waals surface area contributed by atoms with Gasteiger partial charge in [-0.15, -0.1) is 0 Å². The van der Waals surface area contributed by atoms with Gasteiger partial charge >= 0.3 is 0 Å². The van der Waals surface area contributed by atoms with Gasteiger partial charge in [-0.1, -0.05) is 12.1 Å². The molecule has 25 heavy (non-hydrogen) atoms. The maximum atomic E-state index is 12.5. The zero-order valence-electron chi connectivity index (χ0n) is 13.9. The predicted octanol–water partition coefficient (Wildman–Crippen LogP) is 4.03. The van der Waals surface area contributed by atoms with Gasteiger partial charge in [0, 0.05) is 46.3 Å². The van der Waals surface area contributed by atoms with Crippen LogP contribution in [0.3, 0.4) is 0 Å². The molecule has 134 valence electrons. The molecule has 0 bridgehead atoms. The Labute approximate surface area is 157 Å². The number of carbonyl (C=O) groups is 1. The molecule has 1 aliphatic heterocycles. The number of furan rings is 1. The van der Waals surface area contributed by atoms with Crippen LogP contribution in [-0.2, 0) is 21.3 Å². The van der Waals surface area contributed by atoms with Crippen molar-refractivity contribution in [2.75, 3.05) is 18.5 Å². The first-order valence-corrected chi connectivity index (χ1v) is 10.3.